The van der Waals surface area contributed by atoms with Gasteiger partial charge in [-0.3, -0.25) is 0 Å². The van der Waals surface area contributed by atoms with Crippen LogP contribution in [-0.2, 0) is 0 Å². The first kappa shape index (κ1) is 16.2. The predicted molar refractivity (Wildman–Crippen MR) is 69.4 cm³/mol. The fourth-order valence-electron chi connectivity index (χ4n) is 0.811. The van der Waals surface area contributed by atoms with Gasteiger partial charge in [0, 0.05) is 11.8 Å². The summed E-state index contributed by atoms with van der Waals surface area (Å²) in [6.07, 6.45) is 7.90. The molecule has 0 aromatic heterocycles. The minimum Gasteiger partial charge on any atom is -0.122 e. The van der Waals surface area contributed by atoms with Crippen LogP contribution >= 0.6 is 23.2 Å². The minimum atomic E-state index is 0.544. The summed E-state index contributed by atoms with van der Waals surface area (Å²) in [5, 5.41) is 0. The van der Waals surface area contributed by atoms with Crippen LogP contribution in [0.1, 0.15) is 27.7 Å². The average molecular weight is 235 g/mol. The van der Waals surface area contributed by atoms with E-state index in [4.69, 9.17) is 23.2 Å². The van der Waals surface area contributed by atoms with Gasteiger partial charge in [-0.1, -0.05) is 38.2 Å². The molecule has 0 aliphatic carbocycles. The molecule has 0 fully saturated rings. The molecule has 14 heavy (non-hydrogen) atoms. The molecule has 0 aliphatic heterocycles. The summed E-state index contributed by atoms with van der Waals surface area (Å²) < 4.78 is 0. The second-order valence-electron chi connectivity index (χ2n) is 2.40. The summed E-state index contributed by atoms with van der Waals surface area (Å²) in [6.45, 7) is 8.01. The van der Waals surface area contributed by atoms with Crippen LogP contribution in [0.3, 0.4) is 0 Å². The van der Waals surface area contributed by atoms with Gasteiger partial charge < -0.3 is 0 Å². The van der Waals surface area contributed by atoms with Crippen LogP contribution in [0.25, 0.3) is 0 Å². The quantitative estimate of drug-likeness (QED) is 0.478. The van der Waals surface area contributed by atoms with Crippen LogP contribution in [0, 0.1) is 0 Å². The van der Waals surface area contributed by atoms with Gasteiger partial charge in [0.25, 0.3) is 0 Å². The van der Waals surface area contributed by atoms with Crippen molar-refractivity contribution in [2.75, 3.05) is 11.8 Å². The zero-order valence-electron chi connectivity index (χ0n) is 9.48. The third-order valence-electron chi connectivity index (χ3n) is 1.48. The molecule has 0 nitrogen and oxygen atoms in total. The van der Waals surface area contributed by atoms with Crippen LogP contribution in [0.4, 0.5) is 0 Å². The van der Waals surface area contributed by atoms with Crippen molar-refractivity contribution < 1.29 is 0 Å². The fourth-order valence-corrected chi connectivity index (χ4v) is 1.20. The lowest BCUT2D eigenvalue weighted by atomic mass is 10.1. The van der Waals surface area contributed by atoms with Gasteiger partial charge >= 0.3 is 0 Å². The van der Waals surface area contributed by atoms with Crippen molar-refractivity contribution in [3.05, 3.63) is 35.5 Å². The molecule has 0 unspecified atom stereocenters. The zero-order chi connectivity index (χ0) is 11.4. The Morgan fingerprint density at radius 3 is 2.07 bits per heavy atom. The molecule has 0 rings (SSSR count). The molecule has 0 atom stereocenters. The molecule has 0 aliphatic rings. The van der Waals surface area contributed by atoms with Crippen LogP contribution in [0.5, 0.6) is 0 Å². The first-order valence-electron chi connectivity index (χ1n) is 4.87. The Balaban J connectivity index is 0. The molecule has 0 amide bonds. The van der Waals surface area contributed by atoms with E-state index in [9.17, 15) is 0 Å². The Morgan fingerprint density at radius 1 is 1.14 bits per heavy atom. The Hall–Kier alpha value is -0.200. The number of hydrogen-bond donors (Lipinski definition) is 0. The minimum absolute atomic E-state index is 0.544. The molecular formula is C12H20Cl2. The van der Waals surface area contributed by atoms with Crippen molar-refractivity contribution in [1.82, 2.24) is 0 Å². The Kier molecular flexibility index (Phi) is 14.8. The monoisotopic (exact) mass is 234 g/mol. The van der Waals surface area contributed by atoms with E-state index in [1.165, 1.54) is 5.57 Å². The second-order valence-corrected chi connectivity index (χ2v) is 2.97. The van der Waals surface area contributed by atoms with Gasteiger partial charge in [-0.25, -0.2) is 0 Å². The van der Waals surface area contributed by atoms with Crippen LogP contribution in [0.2, 0.25) is 0 Å². The molecule has 0 saturated carbocycles. The SMILES string of the molecule is CC.C\C=C/C(CCl)=C(C)\C=C\CCl. The summed E-state index contributed by atoms with van der Waals surface area (Å²) in [7, 11) is 0. The van der Waals surface area contributed by atoms with Gasteiger partial charge in [0.2, 0.25) is 0 Å². The van der Waals surface area contributed by atoms with Gasteiger partial charge in [-0.05, 0) is 25.0 Å². The van der Waals surface area contributed by atoms with Crippen molar-refractivity contribution >= 4 is 23.2 Å². The Bertz CT molecular complexity index is 200. The van der Waals surface area contributed by atoms with Gasteiger partial charge in [0.15, 0.2) is 0 Å². The first-order chi connectivity index (χ1) is 6.76. The number of allylic oxidation sites excluding steroid dienone is 6. The average Bonchev–Trinajstić information content (AvgIpc) is 2.25. The molecule has 0 radical (unpaired) electrons. The maximum atomic E-state index is 5.74. The van der Waals surface area contributed by atoms with Gasteiger partial charge in [-0.15, -0.1) is 23.2 Å². The maximum Gasteiger partial charge on any atom is 0.0476 e. The molecule has 0 saturated heterocycles. The highest BCUT2D eigenvalue weighted by Crippen LogP contribution is 2.09. The van der Waals surface area contributed by atoms with Gasteiger partial charge in [0.05, 0.1) is 0 Å². The molecule has 0 heterocycles. The van der Waals surface area contributed by atoms with E-state index in [1.54, 1.807) is 0 Å². The predicted octanol–water partition coefficient (Wildman–Crippen LogP) is 4.94. The van der Waals surface area contributed by atoms with Crippen molar-refractivity contribution in [1.29, 1.82) is 0 Å². The number of rotatable bonds is 4. The largest absolute Gasteiger partial charge is 0.122 e. The van der Waals surface area contributed by atoms with E-state index in [-0.39, 0.29) is 0 Å². The van der Waals surface area contributed by atoms with E-state index in [0.717, 1.165) is 5.57 Å². The fraction of sp³-hybridized carbons (Fsp3) is 0.500. The molecule has 0 aromatic rings. The highest BCUT2D eigenvalue weighted by atomic mass is 35.5. The van der Waals surface area contributed by atoms with Crippen molar-refractivity contribution in [2.24, 2.45) is 0 Å². The first-order valence-corrected chi connectivity index (χ1v) is 5.94. The third-order valence-corrected chi connectivity index (χ3v) is 1.94. The Morgan fingerprint density at radius 2 is 1.71 bits per heavy atom. The Labute approximate surface area is 98.3 Å². The smallest absolute Gasteiger partial charge is 0.0476 e. The lowest BCUT2D eigenvalue weighted by Crippen LogP contribution is -1.84. The van der Waals surface area contributed by atoms with Crippen molar-refractivity contribution in [3.8, 4) is 0 Å². The van der Waals surface area contributed by atoms with E-state index in [1.807, 2.05) is 52.0 Å². The van der Waals surface area contributed by atoms with Gasteiger partial charge in [0.1, 0.15) is 0 Å². The highest BCUT2D eigenvalue weighted by molar-refractivity contribution is 6.19. The summed E-state index contributed by atoms with van der Waals surface area (Å²) >= 11 is 11.3. The van der Waals surface area contributed by atoms with E-state index < -0.39 is 0 Å². The summed E-state index contributed by atoms with van der Waals surface area (Å²) in [5.74, 6) is 1.09. The van der Waals surface area contributed by atoms with Crippen LogP contribution < -0.4 is 0 Å². The number of hydrogen-bond acceptors (Lipinski definition) is 0. The van der Waals surface area contributed by atoms with Gasteiger partial charge in [-0.2, -0.15) is 0 Å². The topological polar surface area (TPSA) is 0 Å². The van der Waals surface area contributed by atoms with E-state index >= 15 is 0 Å². The molecule has 82 valence electrons. The summed E-state index contributed by atoms with van der Waals surface area (Å²) in [5.41, 5.74) is 2.31. The third kappa shape index (κ3) is 8.40. The number of halogens is 2. The molecule has 2 heteroatoms. The summed E-state index contributed by atoms with van der Waals surface area (Å²) in [4.78, 5) is 0. The lowest BCUT2D eigenvalue weighted by molar-refractivity contribution is 1.37. The van der Waals surface area contributed by atoms with Crippen molar-refractivity contribution in [3.63, 3.8) is 0 Å². The maximum absolute atomic E-state index is 5.74. The van der Waals surface area contributed by atoms with Crippen molar-refractivity contribution in [2.45, 2.75) is 27.7 Å². The molecular weight excluding hydrogens is 215 g/mol. The highest BCUT2D eigenvalue weighted by Gasteiger charge is 1.92. The molecule has 0 spiro atoms. The molecule has 0 N–H and O–H groups in total. The second kappa shape index (κ2) is 12.8. The van der Waals surface area contributed by atoms with E-state index in [0.29, 0.717) is 11.8 Å². The van der Waals surface area contributed by atoms with Crippen LogP contribution in [0.15, 0.2) is 35.5 Å². The zero-order valence-corrected chi connectivity index (χ0v) is 11.0. The molecule has 0 bridgehead atoms. The standard InChI is InChI=1S/C10H14Cl2.C2H6/c1-3-5-10(8-12)9(2)6-4-7-11;1-2/h3-6H,7-8H2,1-2H3;1-2H3/b5-3-,6-4+,10-9+;. The van der Waals surface area contributed by atoms with E-state index in [2.05, 4.69) is 0 Å². The molecule has 0 aromatic carbocycles. The van der Waals surface area contributed by atoms with Crippen LogP contribution in [-0.4, -0.2) is 11.8 Å². The summed E-state index contributed by atoms with van der Waals surface area (Å²) in [6, 6.07) is 0. The normalized spacial score (nSPS) is 12.7. The lowest BCUT2D eigenvalue weighted by Gasteiger charge is -1.99. The number of alkyl halides is 2.